The van der Waals surface area contributed by atoms with E-state index in [1.54, 1.807) is 13.2 Å². The standard InChI is InChI=1S/C27H33N7O2S/c1-28-23-8-6-15-33(19-23)24-12-10-22(11-13-24)30-27-29-17-20-14-16-34(26(20)31-27)18-21-7-4-5-9-25(21)32(2)37(3,35)36/h4-5,7,9-14,16-17,23,28H,6,8,15,18-19H2,1-3H3,(H,29,30,31). The van der Waals surface area contributed by atoms with Gasteiger partial charge in [-0.3, -0.25) is 4.31 Å². The van der Waals surface area contributed by atoms with Gasteiger partial charge >= 0.3 is 0 Å². The Morgan fingerprint density at radius 2 is 1.89 bits per heavy atom. The molecule has 1 atom stereocenters. The van der Waals surface area contributed by atoms with Gasteiger partial charge in [0.25, 0.3) is 0 Å². The van der Waals surface area contributed by atoms with E-state index in [-0.39, 0.29) is 0 Å². The number of aromatic nitrogens is 3. The smallest absolute Gasteiger partial charge is 0.232 e. The molecule has 1 unspecified atom stereocenters. The SMILES string of the molecule is CNC1CCCN(c2ccc(Nc3ncc4ccn(Cc5ccccc5N(C)S(C)(=O)=O)c4n3)cc2)C1. The molecule has 3 heterocycles. The number of nitrogens with zero attached hydrogens (tertiary/aromatic N) is 5. The van der Waals surface area contributed by atoms with E-state index in [1.165, 1.54) is 29.1 Å². The Morgan fingerprint density at radius 3 is 2.65 bits per heavy atom. The van der Waals surface area contributed by atoms with Gasteiger partial charge in [0.15, 0.2) is 0 Å². The molecule has 2 aromatic carbocycles. The van der Waals surface area contributed by atoms with Crippen molar-refractivity contribution in [2.75, 3.05) is 48.0 Å². The quantitative estimate of drug-likeness (QED) is 0.366. The van der Waals surface area contributed by atoms with E-state index in [0.29, 0.717) is 24.2 Å². The average molecular weight is 520 g/mol. The van der Waals surface area contributed by atoms with Crippen LogP contribution in [-0.2, 0) is 16.6 Å². The number of sulfonamides is 1. The molecule has 2 N–H and O–H groups in total. The maximum absolute atomic E-state index is 12.1. The fourth-order valence-corrected chi connectivity index (χ4v) is 5.34. The fraction of sp³-hybridized carbons (Fsp3) is 0.333. The maximum Gasteiger partial charge on any atom is 0.232 e. The van der Waals surface area contributed by atoms with Crippen molar-refractivity contribution in [2.45, 2.75) is 25.4 Å². The Labute approximate surface area is 218 Å². The zero-order chi connectivity index (χ0) is 26.0. The van der Waals surface area contributed by atoms with Crippen LogP contribution in [0.2, 0.25) is 0 Å². The van der Waals surface area contributed by atoms with Crippen LogP contribution in [0, 0.1) is 0 Å². The van der Waals surface area contributed by atoms with Gasteiger partial charge in [-0.1, -0.05) is 18.2 Å². The molecule has 194 valence electrons. The largest absolute Gasteiger partial charge is 0.370 e. The summed E-state index contributed by atoms with van der Waals surface area (Å²) in [6.07, 6.45) is 7.36. The number of anilines is 4. The van der Waals surface area contributed by atoms with Gasteiger partial charge < -0.3 is 20.1 Å². The van der Waals surface area contributed by atoms with Gasteiger partial charge in [0, 0.05) is 55.3 Å². The Hall–Kier alpha value is -3.63. The van der Waals surface area contributed by atoms with Crippen LogP contribution in [0.25, 0.3) is 11.0 Å². The van der Waals surface area contributed by atoms with Crippen molar-refractivity contribution in [1.82, 2.24) is 19.9 Å². The maximum atomic E-state index is 12.1. The van der Waals surface area contributed by atoms with E-state index < -0.39 is 10.0 Å². The number of hydrogen-bond acceptors (Lipinski definition) is 7. The summed E-state index contributed by atoms with van der Waals surface area (Å²) >= 11 is 0. The second-order valence-electron chi connectivity index (χ2n) is 9.52. The van der Waals surface area contributed by atoms with E-state index >= 15 is 0 Å². The third-order valence-corrected chi connectivity index (χ3v) is 8.18. The topological polar surface area (TPSA) is 95.4 Å². The Kier molecular flexibility index (Phi) is 7.03. The molecule has 4 aromatic rings. The van der Waals surface area contributed by atoms with Crippen LogP contribution in [0.5, 0.6) is 0 Å². The molecule has 10 heteroatoms. The van der Waals surface area contributed by atoms with E-state index in [0.717, 1.165) is 35.4 Å². The number of rotatable bonds is 8. The summed E-state index contributed by atoms with van der Waals surface area (Å²) in [5.41, 5.74) is 4.44. The third kappa shape index (κ3) is 5.55. The predicted molar refractivity (Wildman–Crippen MR) is 150 cm³/mol. The molecule has 0 bridgehead atoms. The van der Waals surface area contributed by atoms with Gasteiger partial charge in [-0.25, -0.2) is 13.4 Å². The molecule has 37 heavy (non-hydrogen) atoms. The van der Waals surface area contributed by atoms with Gasteiger partial charge in [-0.05, 0) is 61.9 Å². The molecule has 0 amide bonds. The molecule has 0 radical (unpaired) electrons. The first kappa shape index (κ1) is 25.0. The van der Waals surface area contributed by atoms with E-state index in [4.69, 9.17) is 4.98 Å². The summed E-state index contributed by atoms with van der Waals surface area (Å²) < 4.78 is 27.6. The predicted octanol–water partition coefficient (Wildman–Crippen LogP) is 3.81. The number of likely N-dealkylation sites (N-methyl/N-ethyl adjacent to an activating group) is 1. The number of fused-ring (bicyclic) bond motifs is 1. The van der Waals surface area contributed by atoms with Crippen LogP contribution in [0.1, 0.15) is 18.4 Å². The van der Waals surface area contributed by atoms with Crippen molar-refractivity contribution >= 4 is 44.1 Å². The number of piperidine rings is 1. The van der Waals surface area contributed by atoms with Gasteiger partial charge in [0.1, 0.15) is 5.65 Å². The van der Waals surface area contributed by atoms with Crippen LogP contribution >= 0.6 is 0 Å². The molecule has 1 fully saturated rings. The summed E-state index contributed by atoms with van der Waals surface area (Å²) in [5, 5.41) is 7.63. The highest BCUT2D eigenvalue weighted by Crippen LogP contribution is 2.26. The van der Waals surface area contributed by atoms with Crippen LogP contribution in [-0.4, -0.2) is 62.4 Å². The van der Waals surface area contributed by atoms with Crippen LogP contribution in [0.15, 0.2) is 67.0 Å². The van der Waals surface area contributed by atoms with E-state index in [2.05, 4.69) is 44.8 Å². The van der Waals surface area contributed by atoms with Crippen molar-refractivity contribution in [3.05, 3.63) is 72.6 Å². The second kappa shape index (κ2) is 10.4. The van der Waals surface area contributed by atoms with E-state index in [9.17, 15) is 8.42 Å². The lowest BCUT2D eigenvalue weighted by molar-refractivity contribution is 0.449. The normalized spacial score (nSPS) is 16.2. The monoisotopic (exact) mass is 519 g/mol. The van der Waals surface area contributed by atoms with Gasteiger partial charge in [0.2, 0.25) is 16.0 Å². The summed E-state index contributed by atoms with van der Waals surface area (Å²) in [5.74, 6) is 0.509. The van der Waals surface area contributed by atoms with Crippen LogP contribution in [0.4, 0.5) is 23.0 Å². The van der Waals surface area contributed by atoms with E-state index in [1.807, 2.05) is 48.1 Å². The second-order valence-corrected chi connectivity index (χ2v) is 11.5. The van der Waals surface area contributed by atoms with Crippen molar-refractivity contribution < 1.29 is 8.42 Å². The minimum absolute atomic E-state index is 0.480. The first-order chi connectivity index (χ1) is 17.8. The zero-order valence-electron chi connectivity index (χ0n) is 21.4. The van der Waals surface area contributed by atoms with Crippen molar-refractivity contribution in [1.29, 1.82) is 0 Å². The highest BCUT2D eigenvalue weighted by atomic mass is 32.2. The number of nitrogens with one attached hydrogen (secondary N) is 2. The zero-order valence-corrected chi connectivity index (χ0v) is 22.2. The Morgan fingerprint density at radius 1 is 1.11 bits per heavy atom. The third-order valence-electron chi connectivity index (χ3n) is 6.99. The molecular weight excluding hydrogens is 486 g/mol. The molecule has 0 saturated carbocycles. The summed E-state index contributed by atoms with van der Waals surface area (Å²) in [4.78, 5) is 11.7. The molecular formula is C27H33N7O2S. The molecule has 9 nitrogen and oxygen atoms in total. The van der Waals surface area contributed by atoms with Gasteiger partial charge in [0.05, 0.1) is 18.5 Å². The van der Waals surface area contributed by atoms with Crippen LogP contribution in [0.3, 0.4) is 0 Å². The molecule has 0 spiro atoms. The fourth-order valence-electron chi connectivity index (χ4n) is 4.80. The van der Waals surface area contributed by atoms with Crippen molar-refractivity contribution in [3.63, 3.8) is 0 Å². The minimum Gasteiger partial charge on any atom is -0.370 e. The highest BCUT2D eigenvalue weighted by Gasteiger charge is 2.19. The number of hydrogen-bond donors (Lipinski definition) is 2. The summed E-state index contributed by atoms with van der Waals surface area (Å²) in [7, 11) is 0.227. The lowest BCUT2D eigenvalue weighted by Gasteiger charge is -2.34. The number of benzene rings is 2. The van der Waals surface area contributed by atoms with Crippen LogP contribution < -0.4 is 19.8 Å². The van der Waals surface area contributed by atoms with Gasteiger partial charge in [-0.2, -0.15) is 4.98 Å². The Balaban J connectivity index is 1.35. The molecule has 5 rings (SSSR count). The molecule has 2 aromatic heterocycles. The molecule has 1 saturated heterocycles. The number of para-hydroxylation sites is 1. The highest BCUT2D eigenvalue weighted by molar-refractivity contribution is 7.92. The molecule has 1 aliphatic rings. The lowest BCUT2D eigenvalue weighted by atomic mass is 10.1. The van der Waals surface area contributed by atoms with Crippen molar-refractivity contribution in [2.24, 2.45) is 0 Å². The Bertz CT molecular complexity index is 1480. The molecule has 1 aliphatic heterocycles. The first-order valence-electron chi connectivity index (χ1n) is 12.4. The van der Waals surface area contributed by atoms with Gasteiger partial charge in [-0.15, -0.1) is 0 Å². The summed E-state index contributed by atoms with van der Waals surface area (Å²) in [6, 6.07) is 18.4. The minimum atomic E-state index is -3.37. The average Bonchev–Trinajstić information content (AvgIpc) is 3.30. The lowest BCUT2D eigenvalue weighted by Crippen LogP contribution is -2.44. The first-order valence-corrected chi connectivity index (χ1v) is 14.3. The molecule has 0 aliphatic carbocycles. The summed E-state index contributed by atoms with van der Waals surface area (Å²) in [6.45, 7) is 2.57. The van der Waals surface area contributed by atoms with Crippen molar-refractivity contribution in [3.8, 4) is 0 Å².